The fraction of sp³-hybridized carbons (Fsp3) is 0.444. The van der Waals surface area contributed by atoms with Crippen LogP contribution in [0.15, 0.2) is 48.7 Å². The molecule has 5 nitrogen and oxygen atoms in total. The van der Waals surface area contributed by atoms with E-state index in [-0.39, 0.29) is 11.9 Å². The highest BCUT2D eigenvalue weighted by Gasteiger charge is 2.25. The van der Waals surface area contributed by atoms with Gasteiger partial charge in [-0.1, -0.05) is 55.1 Å². The van der Waals surface area contributed by atoms with Gasteiger partial charge in [0.2, 0.25) is 0 Å². The van der Waals surface area contributed by atoms with E-state index >= 15 is 0 Å². The second kappa shape index (κ2) is 10.7. The average molecular weight is 468 g/mol. The second-order valence-corrected chi connectivity index (χ2v) is 9.77. The van der Waals surface area contributed by atoms with Gasteiger partial charge in [0.25, 0.3) is 5.91 Å². The first-order chi connectivity index (χ1) is 15.9. The molecule has 0 unspecified atom stereocenters. The van der Waals surface area contributed by atoms with Crippen molar-refractivity contribution in [3.8, 4) is 0 Å². The lowest BCUT2D eigenvalue weighted by Gasteiger charge is -2.31. The van der Waals surface area contributed by atoms with E-state index in [0.717, 1.165) is 46.9 Å². The Balaban J connectivity index is 1.42. The van der Waals surface area contributed by atoms with E-state index in [1.807, 2.05) is 42.4 Å². The fourth-order valence-electron chi connectivity index (χ4n) is 4.93. The summed E-state index contributed by atoms with van der Waals surface area (Å²) in [6.07, 6.45) is 8.05. The van der Waals surface area contributed by atoms with Gasteiger partial charge < -0.3 is 20.3 Å². The number of halogens is 1. The maximum atomic E-state index is 13.3. The molecule has 176 valence electrons. The Morgan fingerprint density at radius 2 is 1.97 bits per heavy atom. The molecular formula is C27H34ClN3O2. The SMILES string of the molecule is C[C@H](Cc1c[nH]c2c(C(=O)N(C)C3CCCCC3)cccc12)NC[C@H](O)c1cccc(Cl)c1. The van der Waals surface area contributed by atoms with E-state index in [1.54, 1.807) is 12.1 Å². The minimum atomic E-state index is -0.617. The molecule has 33 heavy (non-hydrogen) atoms. The first-order valence-corrected chi connectivity index (χ1v) is 12.3. The van der Waals surface area contributed by atoms with Crippen LogP contribution < -0.4 is 5.32 Å². The van der Waals surface area contributed by atoms with Crippen LogP contribution in [0.5, 0.6) is 0 Å². The lowest BCUT2D eigenvalue weighted by molar-refractivity contribution is 0.0698. The van der Waals surface area contributed by atoms with Crippen molar-refractivity contribution in [2.45, 2.75) is 63.6 Å². The quantitative estimate of drug-likeness (QED) is 0.411. The number of rotatable bonds is 8. The van der Waals surface area contributed by atoms with Crippen molar-refractivity contribution in [1.29, 1.82) is 0 Å². The lowest BCUT2D eigenvalue weighted by atomic mass is 9.94. The second-order valence-electron chi connectivity index (χ2n) is 9.33. The first kappa shape index (κ1) is 23.8. The molecule has 2 aromatic carbocycles. The Kier molecular flexibility index (Phi) is 7.74. The molecule has 2 atom stereocenters. The number of hydrogen-bond donors (Lipinski definition) is 3. The maximum absolute atomic E-state index is 13.3. The third-order valence-corrected chi connectivity index (χ3v) is 7.13. The van der Waals surface area contributed by atoms with Crippen molar-refractivity contribution in [2.75, 3.05) is 13.6 Å². The molecule has 6 heteroatoms. The Morgan fingerprint density at radius 3 is 2.73 bits per heavy atom. The number of para-hydroxylation sites is 1. The number of amides is 1. The van der Waals surface area contributed by atoms with Crippen molar-refractivity contribution >= 4 is 28.4 Å². The molecule has 4 rings (SSSR count). The van der Waals surface area contributed by atoms with E-state index in [2.05, 4.69) is 23.3 Å². The molecule has 0 spiro atoms. The van der Waals surface area contributed by atoms with Gasteiger partial charge in [-0.3, -0.25) is 4.79 Å². The molecule has 0 aliphatic heterocycles. The van der Waals surface area contributed by atoms with Crippen LogP contribution in [-0.2, 0) is 6.42 Å². The highest BCUT2D eigenvalue weighted by molar-refractivity contribution is 6.30. The predicted octanol–water partition coefficient (Wildman–Crippen LogP) is 5.48. The number of aliphatic hydroxyl groups is 1. The van der Waals surface area contributed by atoms with Gasteiger partial charge in [-0.2, -0.15) is 0 Å². The Labute approximate surface area is 201 Å². The van der Waals surface area contributed by atoms with Crippen LogP contribution in [0.1, 0.15) is 66.6 Å². The molecule has 1 fully saturated rings. The zero-order chi connectivity index (χ0) is 23.4. The molecular weight excluding hydrogens is 434 g/mol. The van der Waals surface area contributed by atoms with E-state index in [9.17, 15) is 9.90 Å². The van der Waals surface area contributed by atoms with Crippen LogP contribution >= 0.6 is 11.6 Å². The zero-order valence-corrected chi connectivity index (χ0v) is 20.2. The standard InChI is InChI=1S/C27H34ClN3O2/c1-18(29-17-25(32)19-8-6-9-21(28)15-19)14-20-16-30-26-23(20)12-7-13-24(26)27(33)31(2)22-10-4-3-5-11-22/h6-9,12-13,15-16,18,22,25,29-30,32H,3-5,10-11,14,17H2,1-2H3/t18-,25+/m1/s1. The molecule has 0 radical (unpaired) electrons. The van der Waals surface area contributed by atoms with Gasteiger partial charge in [0.05, 0.1) is 17.2 Å². The number of carbonyl (C=O) groups is 1. The van der Waals surface area contributed by atoms with Crippen molar-refractivity contribution in [2.24, 2.45) is 0 Å². The number of fused-ring (bicyclic) bond motifs is 1. The van der Waals surface area contributed by atoms with E-state index in [1.165, 1.54) is 19.3 Å². The summed E-state index contributed by atoms with van der Waals surface area (Å²) < 4.78 is 0. The van der Waals surface area contributed by atoms with Crippen molar-refractivity contribution in [3.05, 3.63) is 70.4 Å². The van der Waals surface area contributed by atoms with Gasteiger partial charge in [-0.25, -0.2) is 0 Å². The number of nitrogens with zero attached hydrogens (tertiary/aromatic N) is 1. The van der Waals surface area contributed by atoms with Gasteiger partial charge in [0.1, 0.15) is 0 Å². The van der Waals surface area contributed by atoms with Crippen LogP contribution in [0.25, 0.3) is 10.9 Å². The summed E-state index contributed by atoms with van der Waals surface area (Å²) in [6.45, 7) is 2.55. The van der Waals surface area contributed by atoms with Crippen molar-refractivity contribution in [1.82, 2.24) is 15.2 Å². The van der Waals surface area contributed by atoms with Crippen molar-refractivity contribution < 1.29 is 9.90 Å². The van der Waals surface area contributed by atoms with Crippen molar-refractivity contribution in [3.63, 3.8) is 0 Å². The molecule has 1 saturated carbocycles. The molecule has 3 N–H and O–H groups in total. The maximum Gasteiger partial charge on any atom is 0.255 e. The summed E-state index contributed by atoms with van der Waals surface area (Å²) in [6, 6.07) is 13.8. The number of nitrogens with one attached hydrogen (secondary N) is 2. The zero-order valence-electron chi connectivity index (χ0n) is 19.5. The molecule has 1 aliphatic rings. The smallest absolute Gasteiger partial charge is 0.255 e. The average Bonchev–Trinajstić information content (AvgIpc) is 3.25. The lowest BCUT2D eigenvalue weighted by Crippen LogP contribution is -2.38. The van der Waals surface area contributed by atoms with Gasteiger partial charge in [0.15, 0.2) is 0 Å². The third kappa shape index (κ3) is 5.60. The highest BCUT2D eigenvalue weighted by Crippen LogP contribution is 2.27. The number of benzene rings is 2. The molecule has 3 aromatic rings. The Morgan fingerprint density at radius 1 is 1.21 bits per heavy atom. The molecule has 1 aromatic heterocycles. The molecule has 0 bridgehead atoms. The molecule has 1 heterocycles. The van der Waals surface area contributed by atoms with E-state index < -0.39 is 6.10 Å². The number of aromatic amines is 1. The van der Waals surface area contributed by atoms with Crippen LogP contribution in [0, 0.1) is 0 Å². The summed E-state index contributed by atoms with van der Waals surface area (Å²) in [4.78, 5) is 18.6. The minimum Gasteiger partial charge on any atom is -0.387 e. The molecule has 0 saturated heterocycles. The van der Waals surface area contributed by atoms with Crippen LogP contribution in [0.2, 0.25) is 5.02 Å². The van der Waals surface area contributed by atoms with Gasteiger partial charge >= 0.3 is 0 Å². The number of hydrogen-bond acceptors (Lipinski definition) is 3. The Hall–Kier alpha value is -2.34. The summed E-state index contributed by atoms with van der Waals surface area (Å²) in [5, 5.41) is 15.6. The number of H-pyrrole nitrogens is 1. The topological polar surface area (TPSA) is 68.4 Å². The molecule has 1 aliphatic carbocycles. The van der Waals surface area contributed by atoms with E-state index in [0.29, 0.717) is 17.6 Å². The monoisotopic (exact) mass is 467 g/mol. The summed E-state index contributed by atoms with van der Waals surface area (Å²) in [7, 11) is 1.94. The van der Waals surface area contributed by atoms with Crippen LogP contribution in [0.3, 0.4) is 0 Å². The van der Waals surface area contributed by atoms with Gasteiger partial charge in [-0.05, 0) is 55.5 Å². The summed E-state index contributed by atoms with van der Waals surface area (Å²) >= 11 is 6.04. The fourth-order valence-corrected chi connectivity index (χ4v) is 5.13. The highest BCUT2D eigenvalue weighted by atomic mass is 35.5. The Bertz CT molecular complexity index is 1090. The largest absolute Gasteiger partial charge is 0.387 e. The van der Waals surface area contributed by atoms with Gasteiger partial charge in [0, 0.05) is 42.3 Å². The summed E-state index contributed by atoms with van der Waals surface area (Å²) in [5.74, 6) is 0.0942. The normalized spacial score (nSPS) is 16.6. The van der Waals surface area contributed by atoms with Crippen LogP contribution in [0.4, 0.5) is 0 Å². The minimum absolute atomic E-state index is 0.0942. The van der Waals surface area contributed by atoms with Gasteiger partial charge in [-0.15, -0.1) is 0 Å². The summed E-state index contributed by atoms with van der Waals surface area (Å²) in [5.41, 5.74) is 3.62. The third-order valence-electron chi connectivity index (χ3n) is 6.89. The number of carbonyl (C=O) groups excluding carboxylic acids is 1. The van der Waals surface area contributed by atoms with Crippen LogP contribution in [-0.4, -0.2) is 46.6 Å². The number of aliphatic hydroxyl groups excluding tert-OH is 1. The predicted molar refractivity (Wildman–Crippen MR) is 135 cm³/mol. The first-order valence-electron chi connectivity index (χ1n) is 12.0. The molecule has 1 amide bonds. The number of aromatic nitrogens is 1. The van der Waals surface area contributed by atoms with E-state index in [4.69, 9.17) is 11.6 Å².